The van der Waals surface area contributed by atoms with Gasteiger partial charge in [-0.05, 0) is 38.1 Å². The molecule has 1 amide bonds. The van der Waals surface area contributed by atoms with Crippen LogP contribution in [0.25, 0.3) is 0 Å². The van der Waals surface area contributed by atoms with E-state index in [-0.39, 0.29) is 23.9 Å². The van der Waals surface area contributed by atoms with Gasteiger partial charge >= 0.3 is 0 Å². The van der Waals surface area contributed by atoms with Gasteiger partial charge in [0.15, 0.2) is 11.5 Å². The van der Waals surface area contributed by atoms with E-state index in [0.717, 1.165) is 17.5 Å². The van der Waals surface area contributed by atoms with E-state index < -0.39 is 10.0 Å². The lowest BCUT2D eigenvalue weighted by Gasteiger charge is -2.34. The van der Waals surface area contributed by atoms with Gasteiger partial charge in [-0.1, -0.05) is 17.2 Å². The Bertz CT molecular complexity index is 1040. The van der Waals surface area contributed by atoms with Crippen molar-refractivity contribution in [3.63, 3.8) is 0 Å². The van der Waals surface area contributed by atoms with Crippen molar-refractivity contribution in [1.82, 2.24) is 9.21 Å². The van der Waals surface area contributed by atoms with Crippen LogP contribution in [-0.2, 0) is 10.0 Å². The minimum absolute atomic E-state index is 0.0607. The van der Waals surface area contributed by atoms with Gasteiger partial charge in [-0.3, -0.25) is 4.79 Å². The number of aryl methyl sites for hydroxylation is 2. The molecule has 0 atom stereocenters. The number of fused-ring (bicyclic) bond motifs is 1. The molecule has 0 unspecified atom stereocenters. The molecule has 2 aromatic carbocycles. The Morgan fingerprint density at radius 1 is 0.867 bits per heavy atom. The van der Waals surface area contributed by atoms with Crippen molar-refractivity contribution in [1.29, 1.82) is 0 Å². The van der Waals surface area contributed by atoms with E-state index in [2.05, 4.69) is 0 Å². The standard InChI is InChI=1S/C22H26N2O5S/c1-16-12-17(2)14-18(13-16)22(25)23-6-8-24(9-7-23)30(26,27)19-4-5-20-21(15-19)29-11-3-10-28-20/h4-5,12-15H,3,6-11H2,1-2H3. The van der Waals surface area contributed by atoms with Crippen LogP contribution in [0.3, 0.4) is 0 Å². The molecule has 0 spiro atoms. The molecular weight excluding hydrogens is 404 g/mol. The average Bonchev–Trinajstić information content (AvgIpc) is 2.97. The molecule has 0 aliphatic carbocycles. The van der Waals surface area contributed by atoms with E-state index >= 15 is 0 Å². The molecule has 2 aliphatic rings. The maximum Gasteiger partial charge on any atom is 0.253 e. The van der Waals surface area contributed by atoms with Gasteiger partial charge in [0.05, 0.1) is 18.1 Å². The van der Waals surface area contributed by atoms with Crippen LogP contribution >= 0.6 is 0 Å². The van der Waals surface area contributed by atoms with Gasteiger partial charge in [0.25, 0.3) is 5.91 Å². The number of rotatable bonds is 3. The quantitative estimate of drug-likeness (QED) is 0.748. The third kappa shape index (κ3) is 4.15. The Balaban J connectivity index is 1.47. The highest BCUT2D eigenvalue weighted by atomic mass is 32.2. The van der Waals surface area contributed by atoms with Crippen LogP contribution in [0.2, 0.25) is 0 Å². The molecule has 7 nitrogen and oxygen atoms in total. The number of carbonyl (C=O) groups is 1. The number of ether oxygens (including phenoxy) is 2. The zero-order valence-electron chi connectivity index (χ0n) is 17.3. The first-order valence-electron chi connectivity index (χ1n) is 10.1. The minimum atomic E-state index is -3.67. The van der Waals surface area contributed by atoms with Crippen molar-refractivity contribution in [3.8, 4) is 11.5 Å². The Hall–Kier alpha value is -2.58. The van der Waals surface area contributed by atoms with Gasteiger partial charge in [0.2, 0.25) is 10.0 Å². The van der Waals surface area contributed by atoms with Crippen LogP contribution in [0, 0.1) is 13.8 Å². The summed E-state index contributed by atoms with van der Waals surface area (Å²) in [6, 6.07) is 10.5. The first kappa shape index (κ1) is 20.7. The van der Waals surface area contributed by atoms with Crippen LogP contribution in [0.5, 0.6) is 11.5 Å². The highest BCUT2D eigenvalue weighted by Gasteiger charge is 2.31. The Labute approximate surface area is 177 Å². The van der Waals surface area contributed by atoms with Crippen LogP contribution in [0.15, 0.2) is 41.3 Å². The zero-order valence-corrected chi connectivity index (χ0v) is 18.1. The second kappa shape index (κ2) is 8.28. The van der Waals surface area contributed by atoms with Crippen LogP contribution in [-0.4, -0.2) is 62.9 Å². The fourth-order valence-electron chi connectivity index (χ4n) is 3.87. The van der Waals surface area contributed by atoms with Gasteiger partial charge in [0, 0.05) is 44.2 Å². The lowest BCUT2D eigenvalue weighted by atomic mass is 10.1. The number of benzene rings is 2. The lowest BCUT2D eigenvalue weighted by Crippen LogP contribution is -2.50. The number of amides is 1. The predicted octanol–water partition coefficient (Wildman–Crippen LogP) is 2.61. The molecular formula is C22H26N2O5S. The normalized spacial score (nSPS) is 17.5. The summed E-state index contributed by atoms with van der Waals surface area (Å²) < 4.78 is 38.9. The number of hydrogen-bond acceptors (Lipinski definition) is 5. The molecule has 8 heteroatoms. The minimum Gasteiger partial charge on any atom is -0.490 e. The molecule has 1 saturated heterocycles. The predicted molar refractivity (Wildman–Crippen MR) is 113 cm³/mol. The van der Waals surface area contributed by atoms with Crippen LogP contribution in [0.1, 0.15) is 27.9 Å². The van der Waals surface area contributed by atoms with Gasteiger partial charge < -0.3 is 14.4 Å². The smallest absolute Gasteiger partial charge is 0.253 e. The molecule has 2 aromatic rings. The first-order valence-corrected chi connectivity index (χ1v) is 11.6. The van der Waals surface area contributed by atoms with E-state index in [1.165, 1.54) is 10.4 Å². The van der Waals surface area contributed by atoms with Gasteiger partial charge in [-0.25, -0.2) is 8.42 Å². The fourth-order valence-corrected chi connectivity index (χ4v) is 5.30. The van der Waals surface area contributed by atoms with Crippen molar-refractivity contribution >= 4 is 15.9 Å². The summed E-state index contributed by atoms with van der Waals surface area (Å²) in [7, 11) is -3.67. The Kier molecular flexibility index (Phi) is 5.71. The highest BCUT2D eigenvalue weighted by Crippen LogP contribution is 2.33. The van der Waals surface area contributed by atoms with Gasteiger partial charge in [-0.2, -0.15) is 4.31 Å². The van der Waals surface area contributed by atoms with Crippen molar-refractivity contribution in [3.05, 3.63) is 53.1 Å². The van der Waals surface area contributed by atoms with Gasteiger partial charge in [-0.15, -0.1) is 0 Å². The molecule has 2 aliphatic heterocycles. The molecule has 30 heavy (non-hydrogen) atoms. The molecule has 0 aromatic heterocycles. The molecule has 0 saturated carbocycles. The summed E-state index contributed by atoms with van der Waals surface area (Å²) in [4.78, 5) is 14.7. The van der Waals surface area contributed by atoms with Gasteiger partial charge in [0.1, 0.15) is 0 Å². The third-order valence-corrected chi connectivity index (χ3v) is 7.25. The molecule has 0 bridgehead atoms. The molecule has 0 radical (unpaired) electrons. The van der Waals surface area contributed by atoms with E-state index in [1.54, 1.807) is 17.0 Å². The summed E-state index contributed by atoms with van der Waals surface area (Å²) in [5.74, 6) is 0.960. The van der Waals surface area contributed by atoms with E-state index in [4.69, 9.17) is 9.47 Å². The van der Waals surface area contributed by atoms with Crippen molar-refractivity contribution in [2.75, 3.05) is 39.4 Å². The third-order valence-electron chi connectivity index (χ3n) is 5.35. The fraction of sp³-hybridized carbons (Fsp3) is 0.409. The van der Waals surface area contributed by atoms with E-state index in [0.29, 0.717) is 43.4 Å². The maximum atomic E-state index is 13.1. The number of sulfonamides is 1. The summed E-state index contributed by atoms with van der Waals surface area (Å²) >= 11 is 0. The number of carbonyl (C=O) groups excluding carboxylic acids is 1. The zero-order chi connectivity index (χ0) is 21.3. The average molecular weight is 431 g/mol. The molecule has 160 valence electrons. The van der Waals surface area contributed by atoms with Crippen molar-refractivity contribution in [2.45, 2.75) is 25.2 Å². The second-order valence-corrected chi connectivity index (χ2v) is 9.67. The highest BCUT2D eigenvalue weighted by molar-refractivity contribution is 7.89. The van der Waals surface area contributed by atoms with Crippen molar-refractivity contribution in [2.24, 2.45) is 0 Å². The summed E-state index contributed by atoms with van der Waals surface area (Å²) in [6.45, 7) is 6.20. The largest absolute Gasteiger partial charge is 0.490 e. The molecule has 1 fully saturated rings. The monoisotopic (exact) mass is 430 g/mol. The van der Waals surface area contributed by atoms with Crippen LogP contribution in [0.4, 0.5) is 0 Å². The molecule has 0 N–H and O–H groups in total. The summed E-state index contributed by atoms with van der Waals surface area (Å²) in [5.41, 5.74) is 2.72. The van der Waals surface area contributed by atoms with Crippen LogP contribution < -0.4 is 9.47 Å². The summed E-state index contributed by atoms with van der Waals surface area (Å²) in [6.07, 6.45) is 0.757. The van der Waals surface area contributed by atoms with Crippen molar-refractivity contribution < 1.29 is 22.7 Å². The Morgan fingerprint density at radius 3 is 2.17 bits per heavy atom. The maximum absolute atomic E-state index is 13.1. The summed E-state index contributed by atoms with van der Waals surface area (Å²) in [5, 5.41) is 0. The molecule has 4 rings (SSSR count). The first-order chi connectivity index (χ1) is 14.3. The lowest BCUT2D eigenvalue weighted by molar-refractivity contribution is 0.0697. The topological polar surface area (TPSA) is 76.2 Å². The Morgan fingerprint density at radius 2 is 1.50 bits per heavy atom. The second-order valence-electron chi connectivity index (χ2n) is 7.73. The number of piperazine rings is 1. The molecule has 2 heterocycles. The number of nitrogens with zero attached hydrogens (tertiary/aromatic N) is 2. The SMILES string of the molecule is Cc1cc(C)cc(C(=O)N2CCN(S(=O)(=O)c3ccc4c(c3)OCCCO4)CC2)c1. The van der Waals surface area contributed by atoms with E-state index in [9.17, 15) is 13.2 Å². The number of hydrogen-bond donors (Lipinski definition) is 0. The van der Waals surface area contributed by atoms with E-state index in [1.807, 2.05) is 32.0 Å².